The Morgan fingerprint density at radius 3 is 2.29 bits per heavy atom. The first-order valence-electron chi connectivity index (χ1n) is 11.2. The van der Waals surface area contributed by atoms with E-state index in [-0.39, 0.29) is 11.7 Å². The Morgan fingerprint density at radius 1 is 1.09 bits per heavy atom. The van der Waals surface area contributed by atoms with Crippen molar-refractivity contribution in [3.63, 3.8) is 0 Å². The second kappa shape index (κ2) is 11.1. The van der Waals surface area contributed by atoms with E-state index in [1.807, 2.05) is 51.1 Å². The number of nitrogens with zero attached hydrogens (tertiary/aromatic N) is 1. The molecule has 2 aromatic carbocycles. The highest BCUT2D eigenvalue weighted by molar-refractivity contribution is 7.61. The van der Waals surface area contributed by atoms with E-state index in [1.165, 1.54) is 18.2 Å². The molecule has 0 fully saturated rings. The molecule has 3 rings (SSSR count). The third-order valence-electron chi connectivity index (χ3n) is 5.59. The molecule has 35 heavy (non-hydrogen) atoms. The monoisotopic (exact) mass is 497 g/mol. The number of aliphatic hydroxyl groups excluding tert-OH is 1. The zero-order valence-electron chi connectivity index (χ0n) is 19.9. The maximum Gasteiger partial charge on any atom is 0.305 e. The number of aromatic nitrogens is 1. The number of carboxylic acids is 1. The Bertz CT molecular complexity index is 1270. The van der Waals surface area contributed by atoms with Crippen LogP contribution in [-0.4, -0.2) is 38.3 Å². The summed E-state index contributed by atoms with van der Waals surface area (Å²) in [5, 5.41) is 18.7. The molecule has 6 nitrogen and oxygen atoms in total. The van der Waals surface area contributed by atoms with Gasteiger partial charge in [0.05, 0.1) is 30.1 Å². The van der Waals surface area contributed by atoms with Crippen molar-refractivity contribution < 1.29 is 28.9 Å². The van der Waals surface area contributed by atoms with Gasteiger partial charge in [-0.3, -0.25) is 14.3 Å². The summed E-state index contributed by atoms with van der Waals surface area (Å²) in [6, 6.07) is 15.7. The van der Waals surface area contributed by atoms with Crippen LogP contribution in [0.2, 0.25) is 0 Å². The van der Waals surface area contributed by atoms with Crippen molar-refractivity contribution in [3.8, 4) is 22.4 Å². The maximum atomic E-state index is 13.7. The quantitative estimate of drug-likeness (QED) is 0.310. The predicted octanol–water partition coefficient (Wildman–Crippen LogP) is 6.06. The standard InChI is InChI=1S/C27H29FNO5P/c1-17(2)26-23(13-14-35(33,34)16-22(30)15-24(31)32)25(19-9-11-21(28)12-10-19)18(3)27(29-26)20-7-5-4-6-8-20/h4-14,17,22,30H,15-16H2,1-3H3,(H,31,32)(H,33,34)/b14-13+/t22-/m0/s1. The van der Waals surface area contributed by atoms with Crippen molar-refractivity contribution in [1.29, 1.82) is 0 Å². The fourth-order valence-electron chi connectivity index (χ4n) is 4.01. The summed E-state index contributed by atoms with van der Waals surface area (Å²) in [5.41, 5.74) is 5.28. The lowest BCUT2D eigenvalue weighted by atomic mass is 9.88. The Hall–Kier alpha value is -3.12. The SMILES string of the molecule is Cc1c(-c2ccccc2)nc(C(C)C)c(/C=C/P(=O)(O)C[C@@H](O)CC(=O)O)c1-c1ccc(F)cc1. The van der Waals surface area contributed by atoms with Gasteiger partial charge in [0.15, 0.2) is 0 Å². The molecule has 3 N–H and O–H groups in total. The van der Waals surface area contributed by atoms with Crippen LogP contribution in [0.1, 0.15) is 43.0 Å². The fourth-order valence-corrected chi connectivity index (χ4v) is 5.24. The molecular formula is C27H29FNO5P. The van der Waals surface area contributed by atoms with Crippen LogP contribution in [0.15, 0.2) is 60.4 Å². The Labute approximate surface area is 204 Å². The summed E-state index contributed by atoms with van der Waals surface area (Å²) < 4.78 is 26.5. The second-order valence-electron chi connectivity index (χ2n) is 8.79. The molecule has 0 spiro atoms. The van der Waals surface area contributed by atoms with Crippen LogP contribution in [-0.2, 0) is 9.36 Å². The van der Waals surface area contributed by atoms with E-state index in [0.717, 1.165) is 33.8 Å². The van der Waals surface area contributed by atoms with Gasteiger partial charge < -0.3 is 15.1 Å². The Morgan fingerprint density at radius 2 is 1.71 bits per heavy atom. The molecule has 1 heterocycles. The zero-order chi connectivity index (χ0) is 25.8. The average Bonchev–Trinajstić information content (AvgIpc) is 2.78. The highest BCUT2D eigenvalue weighted by Crippen LogP contribution is 2.46. The summed E-state index contributed by atoms with van der Waals surface area (Å²) in [5.74, 6) is -0.557. The third kappa shape index (κ3) is 6.73. The number of hydrogen-bond acceptors (Lipinski definition) is 4. The Kier molecular flexibility index (Phi) is 8.39. The summed E-state index contributed by atoms with van der Waals surface area (Å²) in [4.78, 5) is 26.2. The highest BCUT2D eigenvalue weighted by Gasteiger charge is 2.24. The van der Waals surface area contributed by atoms with E-state index >= 15 is 0 Å². The summed E-state index contributed by atoms with van der Waals surface area (Å²) >= 11 is 0. The fraction of sp³-hybridized carbons (Fsp3) is 0.259. The minimum atomic E-state index is -4.01. The minimum Gasteiger partial charge on any atom is -0.481 e. The molecule has 0 aliphatic carbocycles. The van der Waals surface area contributed by atoms with Gasteiger partial charge in [-0.05, 0) is 47.7 Å². The van der Waals surface area contributed by atoms with E-state index in [9.17, 15) is 23.7 Å². The van der Waals surface area contributed by atoms with Crippen molar-refractivity contribution in [2.75, 3.05) is 6.16 Å². The van der Waals surface area contributed by atoms with Crippen molar-refractivity contribution in [2.24, 2.45) is 0 Å². The predicted molar refractivity (Wildman–Crippen MR) is 136 cm³/mol. The van der Waals surface area contributed by atoms with Crippen LogP contribution < -0.4 is 0 Å². The van der Waals surface area contributed by atoms with Gasteiger partial charge in [0, 0.05) is 16.9 Å². The number of benzene rings is 2. The summed E-state index contributed by atoms with van der Waals surface area (Å²) in [6.45, 7) is 5.84. The highest BCUT2D eigenvalue weighted by atomic mass is 31.2. The number of aliphatic carboxylic acids is 1. The number of carbonyl (C=O) groups is 1. The number of carboxylic acid groups (broad SMARTS) is 1. The molecule has 0 radical (unpaired) electrons. The Balaban J connectivity index is 2.21. The van der Waals surface area contributed by atoms with Gasteiger partial charge in [0.1, 0.15) is 5.82 Å². The first kappa shape index (κ1) is 26.5. The number of pyridine rings is 1. The van der Waals surface area contributed by atoms with Crippen molar-refractivity contribution in [1.82, 2.24) is 4.98 Å². The van der Waals surface area contributed by atoms with E-state index in [1.54, 1.807) is 12.1 Å². The second-order valence-corrected chi connectivity index (χ2v) is 11.0. The maximum absolute atomic E-state index is 13.7. The van der Waals surface area contributed by atoms with E-state index < -0.39 is 32.0 Å². The lowest BCUT2D eigenvalue weighted by molar-refractivity contribution is -0.138. The van der Waals surface area contributed by atoms with Gasteiger partial charge >= 0.3 is 5.97 Å². The van der Waals surface area contributed by atoms with Crippen molar-refractivity contribution in [3.05, 3.63) is 83.1 Å². The topological polar surface area (TPSA) is 108 Å². The molecule has 0 aliphatic heterocycles. The molecule has 0 amide bonds. The number of rotatable bonds is 9. The first-order chi connectivity index (χ1) is 16.5. The largest absolute Gasteiger partial charge is 0.481 e. The van der Waals surface area contributed by atoms with Crippen LogP contribution in [0.5, 0.6) is 0 Å². The third-order valence-corrected chi connectivity index (χ3v) is 7.15. The van der Waals surface area contributed by atoms with E-state index in [2.05, 4.69) is 0 Å². The van der Waals surface area contributed by atoms with Crippen molar-refractivity contribution in [2.45, 2.75) is 39.2 Å². The van der Waals surface area contributed by atoms with Crippen molar-refractivity contribution >= 4 is 19.4 Å². The van der Waals surface area contributed by atoms with Crippen LogP contribution in [0.3, 0.4) is 0 Å². The van der Waals surface area contributed by atoms with Gasteiger partial charge in [-0.15, -0.1) is 0 Å². The zero-order valence-corrected chi connectivity index (χ0v) is 20.7. The number of aliphatic hydroxyl groups is 1. The van der Waals surface area contributed by atoms with E-state index in [4.69, 9.17) is 10.1 Å². The first-order valence-corrected chi connectivity index (χ1v) is 13.2. The number of hydrogen-bond donors (Lipinski definition) is 3. The summed E-state index contributed by atoms with van der Waals surface area (Å²) in [6.07, 6.45) is -1.14. The van der Waals surface area contributed by atoms with Crippen LogP contribution >= 0.6 is 7.37 Å². The van der Waals surface area contributed by atoms with Gasteiger partial charge in [-0.2, -0.15) is 0 Å². The lowest BCUT2D eigenvalue weighted by Gasteiger charge is -2.21. The lowest BCUT2D eigenvalue weighted by Crippen LogP contribution is -2.17. The van der Waals surface area contributed by atoms with Gasteiger partial charge in [0.25, 0.3) is 0 Å². The van der Waals surface area contributed by atoms with Crippen LogP contribution in [0, 0.1) is 12.7 Å². The molecular weight excluding hydrogens is 468 g/mol. The molecule has 2 atom stereocenters. The molecule has 1 unspecified atom stereocenters. The molecule has 0 saturated heterocycles. The summed E-state index contributed by atoms with van der Waals surface area (Å²) in [7, 11) is -4.01. The van der Waals surface area contributed by atoms with Crippen LogP contribution in [0.4, 0.5) is 4.39 Å². The van der Waals surface area contributed by atoms with Gasteiger partial charge in [-0.1, -0.05) is 56.3 Å². The molecule has 184 valence electrons. The smallest absolute Gasteiger partial charge is 0.305 e. The van der Waals surface area contributed by atoms with Gasteiger partial charge in [-0.25, -0.2) is 4.39 Å². The molecule has 3 aromatic rings. The normalized spacial score (nSPS) is 14.3. The molecule has 0 bridgehead atoms. The van der Waals surface area contributed by atoms with Gasteiger partial charge in [0.2, 0.25) is 7.37 Å². The molecule has 0 aliphatic rings. The molecule has 0 saturated carbocycles. The van der Waals surface area contributed by atoms with E-state index in [0.29, 0.717) is 11.3 Å². The minimum absolute atomic E-state index is 0.0485. The number of halogens is 1. The average molecular weight is 498 g/mol. The molecule has 1 aromatic heterocycles. The van der Waals surface area contributed by atoms with Crippen LogP contribution in [0.25, 0.3) is 28.5 Å². The molecule has 8 heteroatoms.